The summed E-state index contributed by atoms with van der Waals surface area (Å²) in [6.45, 7) is 0. The van der Waals surface area contributed by atoms with E-state index in [2.05, 4.69) is 20.8 Å². The van der Waals surface area contributed by atoms with Gasteiger partial charge in [-0.2, -0.15) is 0 Å². The lowest BCUT2D eigenvalue weighted by Gasteiger charge is -2.10. The highest BCUT2D eigenvalue weighted by molar-refractivity contribution is 7.99. The number of para-hydroxylation sites is 1. The summed E-state index contributed by atoms with van der Waals surface area (Å²) in [6.07, 6.45) is 0.231. The van der Waals surface area contributed by atoms with Crippen LogP contribution >= 0.6 is 11.8 Å². The first-order valence-electron chi connectivity index (χ1n) is 10.6. The quantitative estimate of drug-likeness (QED) is 0.314. The molecule has 5 rings (SSSR count). The van der Waals surface area contributed by atoms with Gasteiger partial charge in [0.25, 0.3) is 11.8 Å². The van der Waals surface area contributed by atoms with Gasteiger partial charge in [-0.15, -0.1) is 10.2 Å². The largest absolute Gasteiger partial charge is 0.326 e. The summed E-state index contributed by atoms with van der Waals surface area (Å²) in [6, 6.07) is 24.3. The lowest BCUT2D eigenvalue weighted by Crippen LogP contribution is -2.19. The SMILES string of the molecule is O=C(CCSc1nnc(-c2ccccc2)n1-c1ccccc1)Nc1ccc2c(c1)C(=O)NC2=O. The van der Waals surface area contributed by atoms with Crippen molar-refractivity contribution in [2.75, 3.05) is 11.1 Å². The average Bonchev–Trinajstić information content (AvgIpc) is 3.40. The molecule has 0 spiro atoms. The smallest absolute Gasteiger partial charge is 0.259 e. The third-order valence-corrected chi connectivity index (χ3v) is 6.19. The molecule has 0 saturated heterocycles. The number of hydrogen-bond donors (Lipinski definition) is 2. The Labute approximate surface area is 199 Å². The van der Waals surface area contributed by atoms with Crippen molar-refractivity contribution < 1.29 is 14.4 Å². The van der Waals surface area contributed by atoms with Gasteiger partial charge in [0.05, 0.1) is 11.1 Å². The van der Waals surface area contributed by atoms with E-state index in [0.717, 1.165) is 17.1 Å². The van der Waals surface area contributed by atoms with E-state index in [1.54, 1.807) is 6.07 Å². The minimum Gasteiger partial charge on any atom is -0.326 e. The molecule has 0 unspecified atom stereocenters. The third-order valence-electron chi connectivity index (χ3n) is 5.26. The fourth-order valence-corrected chi connectivity index (χ4v) is 4.54. The van der Waals surface area contributed by atoms with Crippen molar-refractivity contribution >= 4 is 35.2 Å². The van der Waals surface area contributed by atoms with Crippen LogP contribution in [-0.2, 0) is 4.79 Å². The maximum atomic E-state index is 12.5. The molecule has 3 aromatic carbocycles. The number of carbonyl (C=O) groups excluding carboxylic acids is 3. The third kappa shape index (κ3) is 4.33. The number of aromatic nitrogens is 3. The Morgan fingerprint density at radius 2 is 1.59 bits per heavy atom. The molecule has 8 nitrogen and oxygen atoms in total. The van der Waals surface area contributed by atoms with Crippen LogP contribution in [0.25, 0.3) is 17.1 Å². The lowest BCUT2D eigenvalue weighted by molar-refractivity contribution is -0.115. The van der Waals surface area contributed by atoms with Crippen LogP contribution in [0, 0.1) is 0 Å². The predicted molar refractivity (Wildman–Crippen MR) is 129 cm³/mol. The van der Waals surface area contributed by atoms with Gasteiger partial charge in [0, 0.05) is 29.1 Å². The van der Waals surface area contributed by atoms with Crippen LogP contribution in [0.4, 0.5) is 5.69 Å². The van der Waals surface area contributed by atoms with Crippen molar-refractivity contribution in [2.24, 2.45) is 0 Å². The van der Waals surface area contributed by atoms with E-state index in [-0.39, 0.29) is 17.9 Å². The van der Waals surface area contributed by atoms with Gasteiger partial charge in [-0.25, -0.2) is 0 Å². The van der Waals surface area contributed by atoms with E-state index < -0.39 is 11.8 Å². The summed E-state index contributed by atoms with van der Waals surface area (Å²) in [4.78, 5) is 36.0. The first-order chi connectivity index (χ1) is 16.6. The summed E-state index contributed by atoms with van der Waals surface area (Å²) >= 11 is 1.44. The highest BCUT2D eigenvalue weighted by Crippen LogP contribution is 2.28. The number of carbonyl (C=O) groups is 3. The van der Waals surface area contributed by atoms with Gasteiger partial charge < -0.3 is 5.32 Å². The lowest BCUT2D eigenvalue weighted by atomic mass is 10.1. The van der Waals surface area contributed by atoms with Gasteiger partial charge >= 0.3 is 0 Å². The molecular weight excluding hydrogens is 450 g/mol. The van der Waals surface area contributed by atoms with E-state index in [9.17, 15) is 14.4 Å². The molecule has 2 heterocycles. The van der Waals surface area contributed by atoms with Crippen LogP contribution < -0.4 is 10.6 Å². The zero-order valence-corrected chi connectivity index (χ0v) is 18.7. The molecule has 4 aromatic rings. The number of hydrogen-bond acceptors (Lipinski definition) is 6. The highest BCUT2D eigenvalue weighted by Gasteiger charge is 2.26. The number of benzene rings is 3. The van der Waals surface area contributed by atoms with Gasteiger partial charge in [0.15, 0.2) is 11.0 Å². The van der Waals surface area contributed by atoms with Crippen LogP contribution in [-0.4, -0.2) is 38.2 Å². The van der Waals surface area contributed by atoms with E-state index in [0.29, 0.717) is 22.2 Å². The van der Waals surface area contributed by atoms with Crippen LogP contribution in [0.2, 0.25) is 0 Å². The van der Waals surface area contributed by atoms with Crippen molar-refractivity contribution in [1.82, 2.24) is 20.1 Å². The molecule has 1 aliphatic rings. The Morgan fingerprint density at radius 3 is 2.35 bits per heavy atom. The second-order valence-electron chi connectivity index (χ2n) is 7.53. The summed E-state index contributed by atoms with van der Waals surface area (Å²) < 4.78 is 1.98. The Morgan fingerprint density at radius 1 is 0.882 bits per heavy atom. The maximum Gasteiger partial charge on any atom is 0.259 e. The first kappa shape index (κ1) is 21.6. The zero-order valence-electron chi connectivity index (χ0n) is 17.9. The van der Waals surface area contributed by atoms with Crippen molar-refractivity contribution in [3.63, 3.8) is 0 Å². The van der Waals surface area contributed by atoms with E-state index >= 15 is 0 Å². The van der Waals surface area contributed by atoms with Crippen molar-refractivity contribution in [3.05, 3.63) is 90.0 Å². The molecule has 0 fully saturated rings. The van der Waals surface area contributed by atoms with Gasteiger partial charge in [0.1, 0.15) is 0 Å². The minimum atomic E-state index is -0.457. The molecule has 3 amide bonds. The summed E-state index contributed by atoms with van der Waals surface area (Å²) in [5.74, 6) is 0.124. The van der Waals surface area contributed by atoms with Crippen molar-refractivity contribution in [1.29, 1.82) is 0 Å². The predicted octanol–water partition coefficient (Wildman–Crippen LogP) is 3.94. The number of fused-ring (bicyclic) bond motifs is 1. The molecule has 0 saturated carbocycles. The second-order valence-corrected chi connectivity index (χ2v) is 8.60. The Hall–Kier alpha value is -4.24. The number of rotatable bonds is 7. The number of imide groups is 1. The highest BCUT2D eigenvalue weighted by atomic mass is 32.2. The second kappa shape index (κ2) is 9.32. The number of anilines is 1. The van der Waals surface area contributed by atoms with E-state index in [1.807, 2.05) is 65.2 Å². The van der Waals surface area contributed by atoms with Gasteiger partial charge in [0.2, 0.25) is 5.91 Å². The molecule has 9 heteroatoms. The Balaban J connectivity index is 1.28. The zero-order chi connectivity index (χ0) is 23.5. The van der Waals surface area contributed by atoms with Crippen molar-refractivity contribution in [3.8, 4) is 17.1 Å². The van der Waals surface area contributed by atoms with Crippen LogP contribution in [0.5, 0.6) is 0 Å². The monoisotopic (exact) mass is 469 g/mol. The number of nitrogens with one attached hydrogen (secondary N) is 2. The van der Waals surface area contributed by atoms with Gasteiger partial charge in [-0.3, -0.25) is 24.3 Å². The molecule has 0 bridgehead atoms. The van der Waals surface area contributed by atoms with E-state index in [4.69, 9.17) is 0 Å². The summed E-state index contributed by atoms with van der Waals surface area (Å²) in [5, 5.41) is 14.5. The van der Waals surface area contributed by atoms with Crippen molar-refractivity contribution in [2.45, 2.75) is 11.6 Å². The van der Waals surface area contributed by atoms with Crippen LogP contribution in [0.15, 0.2) is 84.0 Å². The normalized spacial score (nSPS) is 12.4. The fourth-order valence-electron chi connectivity index (χ4n) is 3.65. The standard InChI is InChI=1S/C25H19N5O3S/c31-21(26-17-11-12-19-20(15-17)24(33)27-23(19)32)13-14-34-25-29-28-22(16-7-3-1-4-8-16)30(25)18-9-5-2-6-10-18/h1-12,15H,13-14H2,(H,26,31)(H,27,32,33). The number of nitrogens with zero attached hydrogens (tertiary/aromatic N) is 3. The topological polar surface area (TPSA) is 106 Å². The Bertz CT molecular complexity index is 1390. The fraction of sp³-hybridized carbons (Fsp3) is 0.0800. The van der Waals surface area contributed by atoms with Crippen LogP contribution in [0.3, 0.4) is 0 Å². The minimum absolute atomic E-state index is 0.203. The van der Waals surface area contributed by atoms with E-state index in [1.165, 1.54) is 23.9 Å². The molecule has 168 valence electrons. The molecule has 0 aliphatic carbocycles. The number of thioether (sulfide) groups is 1. The molecule has 0 radical (unpaired) electrons. The molecule has 1 aliphatic heterocycles. The number of amides is 3. The van der Waals surface area contributed by atoms with Gasteiger partial charge in [-0.05, 0) is 30.3 Å². The van der Waals surface area contributed by atoms with Gasteiger partial charge in [-0.1, -0.05) is 60.3 Å². The summed E-state index contributed by atoms with van der Waals surface area (Å²) in [7, 11) is 0. The van der Waals surface area contributed by atoms with Crippen LogP contribution in [0.1, 0.15) is 27.1 Å². The maximum absolute atomic E-state index is 12.5. The molecule has 34 heavy (non-hydrogen) atoms. The Kier molecular flexibility index (Phi) is 5.92. The molecule has 0 atom stereocenters. The summed E-state index contributed by atoms with van der Waals surface area (Å²) in [5.41, 5.74) is 2.93. The molecule has 2 N–H and O–H groups in total. The molecule has 1 aromatic heterocycles. The average molecular weight is 470 g/mol. The first-order valence-corrected chi connectivity index (χ1v) is 11.6. The molecular formula is C25H19N5O3S.